The number of benzene rings is 1. The van der Waals surface area contributed by atoms with E-state index in [-0.39, 0.29) is 11.8 Å². The summed E-state index contributed by atoms with van der Waals surface area (Å²) < 4.78 is 0. The smallest absolute Gasteiger partial charge is 0.234 e. The van der Waals surface area contributed by atoms with Gasteiger partial charge in [0.25, 0.3) is 0 Å². The van der Waals surface area contributed by atoms with Crippen molar-refractivity contribution in [1.82, 2.24) is 20.0 Å². The number of hydrogen-bond donors (Lipinski definition) is 1. The first kappa shape index (κ1) is 20.8. The van der Waals surface area contributed by atoms with Crippen LogP contribution >= 0.6 is 0 Å². The molecule has 2 fully saturated rings. The fraction of sp³-hybridized carbons (Fsp3) is 0.636. The standard InChI is InChI=1S/C22H34N4O2/c1-2-23-21(27)18-24-11-6-12-26(16-15-24)22(28)20-9-13-25(14-10-20)17-19-7-4-3-5-8-19/h3-5,7-8,20H,2,6,9-18H2,1H3,(H,23,27). The van der Waals surface area contributed by atoms with Crippen LogP contribution in [0.15, 0.2) is 30.3 Å². The molecule has 0 radical (unpaired) electrons. The van der Waals surface area contributed by atoms with Gasteiger partial charge in [-0.25, -0.2) is 0 Å². The Morgan fingerprint density at radius 3 is 2.43 bits per heavy atom. The number of piperidine rings is 1. The zero-order chi connectivity index (χ0) is 19.8. The van der Waals surface area contributed by atoms with Gasteiger partial charge < -0.3 is 10.2 Å². The van der Waals surface area contributed by atoms with Gasteiger partial charge in [-0.15, -0.1) is 0 Å². The van der Waals surface area contributed by atoms with E-state index in [2.05, 4.69) is 39.4 Å². The minimum absolute atomic E-state index is 0.0769. The molecular formula is C22H34N4O2. The monoisotopic (exact) mass is 386 g/mol. The highest BCUT2D eigenvalue weighted by Crippen LogP contribution is 2.22. The largest absolute Gasteiger partial charge is 0.355 e. The minimum Gasteiger partial charge on any atom is -0.355 e. The van der Waals surface area contributed by atoms with Gasteiger partial charge in [-0.05, 0) is 44.8 Å². The second-order valence-electron chi connectivity index (χ2n) is 7.94. The lowest BCUT2D eigenvalue weighted by Crippen LogP contribution is -2.44. The molecular weight excluding hydrogens is 352 g/mol. The molecule has 0 aliphatic carbocycles. The Balaban J connectivity index is 1.43. The third-order valence-corrected chi connectivity index (χ3v) is 5.83. The molecule has 0 spiro atoms. The average molecular weight is 387 g/mol. The first-order chi connectivity index (χ1) is 13.7. The maximum absolute atomic E-state index is 13.0. The summed E-state index contributed by atoms with van der Waals surface area (Å²) in [6, 6.07) is 10.6. The van der Waals surface area contributed by atoms with Crippen LogP contribution in [0.25, 0.3) is 0 Å². The Kier molecular flexibility index (Phi) is 7.86. The third-order valence-electron chi connectivity index (χ3n) is 5.83. The molecule has 2 heterocycles. The first-order valence-corrected chi connectivity index (χ1v) is 10.7. The van der Waals surface area contributed by atoms with Gasteiger partial charge in [-0.1, -0.05) is 30.3 Å². The Morgan fingerprint density at radius 2 is 1.71 bits per heavy atom. The van der Waals surface area contributed by atoms with Gasteiger partial charge >= 0.3 is 0 Å². The molecule has 6 nitrogen and oxygen atoms in total. The molecule has 0 atom stereocenters. The Bertz CT molecular complexity index is 629. The molecule has 0 aromatic heterocycles. The number of likely N-dealkylation sites (N-methyl/N-ethyl adjacent to an activating group) is 1. The van der Waals surface area contributed by atoms with Crippen LogP contribution in [0.5, 0.6) is 0 Å². The van der Waals surface area contributed by atoms with E-state index in [9.17, 15) is 9.59 Å². The maximum atomic E-state index is 13.0. The van der Waals surface area contributed by atoms with E-state index in [0.717, 1.165) is 65.1 Å². The fourth-order valence-corrected chi connectivity index (χ4v) is 4.24. The molecule has 154 valence electrons. The molecule has 6 heteroatoms. The molecule has 2 amide bonds. The topological polar surface area (TPSA) is 55.9 Å². The van der Waals surface area contributed by atoms with Crippen LogP contribution in [0, 0.1) is 5.92 Å². The molecule has 1 aromatic rings. The maximum Gasteiger partial charge on any atom is 0.234 e. The van der Waals surface area contributed by atoms with Crippen molar-refractivity contribution < 1.29 is 9.59 Å². The summed E-state index contributed by atoms with van der Waals surface area (Å²) in [6.45, 7) is 9.22. The number of rotatable bonds is 6. The van der Waals surface area contributed by atoms with Crippen molar-refractivity contribution in [2.75, 3.05) is 52.4 Å². The van der Waals surface area contributed by atoms with Crippen molar-refractivity contribution >= 4 is 11.8 Å². The second kappa shape index (κ2) is 10.6. The second-order valence-corrected chi connectivity index (χ2v) is 7.94. The van der Waals surface area contributed by atoms with E-state index in [1.165, 1.54) is 5.56 Å². The van der Waals surface area contributed by atoms with Crippen molar-refractivity contribution in [3.8, 4) is 0 Å². The van der Waals surface area contributed by atoms with Crippen molar-refractivity contribution in [2.24, 2.45) is 5.92 Å². The van der Waals surface area contributed by atoms with Crippen LogP contribution < -0.4 is 5.32 Å². The van der Waals surface area contributed by atoms with Crippen LogP contribution in [0.1, 0.15) is 31.7 Å². The SMILES string of the molecule is CCNC(=O)CN1CCCN(C(=O)C2CCN(Cc3ccccc3)CC2)CC1. The lowest BCUT2D eigenvalue weighted by Gasteiger charge is -2.34. The van der Waals surface area contributed by atoms with E-state index in [1.807, 2.05) is 17.9 Å². The van der Waals surface area contributed by atoms with Gasteiger partial charge in [-0.3, -0.25) is 19.4 Å². The lowest BCUT2D eigenvalue weighted by atomic mass is 9.94. The summed E-state index contributed by atoms with van der Waals surface area (Å²) in [7, 11) is 0. The van der Waals surface area contributed by atoms with E-state index in [0.29, 0.717) is 19.0 Å². The van der Waals surface area contributed by atoms with E-state index in [1.54, 1.807) is 0 Å². The molecule has 2 saturated heterocycles. The number of hydrogen-bond acceptors (Lipinski definition) is 4. The molecule has 1 aromatic carbocycles. The van der Waals surface area contributed by atoms with Crippen LogP contribution in [0.3, 0.4) is 0 Å². The molecule has 28 heavy (non-hydrogen) atoms. The van der Waals surface area contributed by atoms with E-state index >= 15 is 0 Å². The summed E-state index contributed by atoms with van der Waals surface area (Å²) in [5, 5.41) is 2.85. The molecule has 0 unspecified atom stereocenters. The fourth-order valence-electron chi connectivity index (χ4n) is 4.24. The normalized spacial score (nSPS) is 20.0. The zero-order valence-electron chi connectivity index (χ0n) is 17.1. The highest BCUT2D eigenvalue weighted by atomic mass is 16.2. The molecule has 2 aliphatic heterocycles. The van der Waals surface area contributed by atoms with Crippen LogP contribution in [0.2, 0.25) is 0 Å². The minimum atomic E-state index is 0.0769. The highest BCUT2D eigenvalue weighted by Gasteiger charge is 2.29. The zero-order valence-corrected chi connectivity index (χ0v) is 17.1. The number of carbonyl (C=O) groups excluding carboxylic acids is 2. The van der Waals surface area contributed by atoms with Crippen molar-refractivity contribution in [1.29, 1.82) is 0 Å². The summed E-state index contributed by atoms with van der Waals surface area (Å²) in [6.07, 6.45) is 2.84. The first-order valence-electron chi connectivity index (χ1n) is 10.7. The summed E-state index contributed by atoms with van der Waals surface area (Å²) in [5.74, 6) is 0.550. The Hall–Kier alpha value is -1.92. The van der Waals surface area contributed by atoms with Gasteiger partial charge in [0, 0.05) is 45.2 Å². The summed E-state index contributed by atoms with van der Waals surface area (Å²) in [4.78, 5) is 31.5. The predicted octanol–water partition coefficient (Wildman–Crippen LogP) is 1.57. The van der Waals surface area contributed by atoms with E-state index in [4.69, 9.17) is 0 Å². The van der Waals surface area contributed by atoms with Gasteiger partial charge in [0.05, 0.1) is 6.54 Å². The van der Waals surface area contributed by atoms with Gasteiger partial charge in [0.1, 0.15) is 0 Å². The molecule has 0 bridgehead atoms. The van der Waals surface area contributed by atoms with Crippen molar-refractivity contribution in [3.63, 3.8) is 0 Å². The van der Waals surface area contributed by atoms with Crippen LogP contribution in [-0.4, -0.2) is 78.9 Å². The van der Waals surface area contributed by atoms with Gasteiger partial charge in [0.2, 0.25) is 11.8 Å². The molecule has 0 saturated carbocycles. The predicted molar refractivity (Wildman–Crippen MR) is 111 cm³/mol. The number of nitrogens with one attached hydrogen (secondary N) is 1. The van der Waals surface area contributed by atoms with E-state index < -0.39 is 0 Å². The number of nitrogens with zero attached hydrogens (tertiary/aromatic N) is 3. The molecule has 1 N–H and O–H groups in total. The highest BCUT2D eigenvalue weighted by molar-refractivity contribution is 5.79. The summed E-state index contributed by atoms with van der Waals surface area (Å²) in [5.41, 5.74) is 1.34. The van der Waals surface area contributed by atoms with Gasteiger partial charge in [0.15, 0.2) is 0 Å². The summed E-state index contributed by atoms with van der Waals surface area (Å²) >= 11 is 0. The number of amides is 2. The Labute approximate surface area is 168 Å². The average Bonchev–Trinajstić information content (AvgIpc) is 2.94. The Morgan fingerprint density at radius 1 is 0.964 bits per heavy atom. The number of carbonyl (C=O) groups is 2. The van der Waals surface area contributed by atoms with Gasteiger partial charge in [-0.2, -0.15) is 0 Å². The van der Waals surface area contributed by atoms with Crippen molar-refractivity contribution in [2.45, 2.75) is 32.7 Å². The van der Waals surface area contributed by atoms with Crippen molar-refractivity contribution in [3.05, 3.63) is 35.9 Å². The van der Waals surface area contributed by atoms with Crippen LogP contribution in [0.4, 0.5) is 0 Å². The number of likely N-dealkylation sites (tertiary alicyclic amines) is 1. The quantitative estimate of drug-likeness (QED) is 0.806. The van der Waals surface area contributed by atoms with Crippen LogP contribution in [-0.2, 0) is 16.1 Å². The third kappa shape index (κ3) is 6.04. The molecule has 2 aliphatic rings. The molecule has 3 rings (SSSR count). The lowest BCUT2D eigenvalue weighted by molar-refractivity contribution is -0.137.